The van der Waals surface area contributed by atoms with Crippen LogP contribution in [-0.4, -0.2) is 35.5 Å². The highest BCUT2D eigenvalue weighted by molar-refractivity contribution is 5.82. The Hall–Kier alpha value is -2.86. The van der Waals surface area contributed by atoms with Crippen LogP contribution in [0.5, 0.6) is 23.0 Å². The summed E-state index contributed by atoms with van der Waals surface area (Å²) in [6.45, 7) is 1.87. The van der Waals surface area contributed by atoms with E-state index in [4.69, 9.17) is 28.4 Å². The van der Waals surface area contributed by atoms with E-state index in [1.165, 1.54) is 0 Å². The lowest BCUT2D eigenvalue weighted by Crippen LogP contribution is -2.31. The molecule has 0 radical (unpaired) electrons. The molecule has 1 atom stereocenters. The first-order valence-electron chi connectivity index (χ1n) is 8.44. The van der Waals surface area contributed by atoms with Crippen molar-refractivity contribution in [2.45, 2.75) is 12.7 Å². The Balaban J connectivity index is 2.16. The minimum Gasteiger partial charge on any atom is -0.493 e. The fraction of sp³-hybridized carbons (Fsp3) is 0.333. The second kappa shape index (κ2) is 7.40. The van der Waals surface area contributed by atoms with Gasteiger partial charge < -0.3 is 28.4 Å². The van der Waals surface area contributed by atoms with Crippen molar-refractivity contribution in [3.8, 4) is 23.0 Å². The number of hydrogen-bond acceptors (Lipinski definition) is 6. The lowest BCUT2D eigenvalue weighted by molar-refractivity contribution is -0.176. The molecule has 0 aromatic heterocycles. The summed E-state index contributed by atoms with van der Waals surface area (Å²) in [5.41, 5.74) is 2.62. The molecule has 0 N–H and O–H groups in total. The Bertz CT molecular complexity index is 873. The number of fused-ring (bicyclic) bond motifs is 1. The van der Waals surface area contributed by atoms with Crippen LogP contribution in [-0.2, 0) is 15.3 Å². The molecular formula is C21H24O6. The van der Waals surface area contributed by atoms with Gasteiger partial charge >= 0.3 is 0 Å². The zero-order valence-electron chi connectivity index (χ0n) is 16.4. The second-order valence-corrected chi connectivity index (χ2v) is 6.12. The third-order valence-electron chi connectivity index (χ3n) is 4.69. The van der Waals surface area contributed by atoms with Gasteiger partial charge in [-0.05, 0) is 42.0 Å². The van der Waals surface area contributed by atoms with Crippen LogP contribution in [0.4, 0.5) is 0 Å². The number of methoxy groups -OCH3 is 5. The van der Waals surface area contributed by atoms with Crippen molar-refractivity contribution < 1.29 is 28.4 Å². The lowest BCUT2D eigenvalue weighted by Gasteiger charge is -2.35. The van der Waals surface area contributed by atoms with Gasteiger partial charge in [-0.25, -0.2) is 0 Å². The predicted octanol–water partition coefficient (Wildman–Crippen LogP) is 4.07. The van der Waals surface area contributed by atoms with E-state index in [2.05, 4.69) is 0 Å². The molecule has 2 aromatic rings. The van der Waals surface area contributed by atoms with Crippen LogP contribution in [0.3, 0.4) is 0 Å². The lowest BCUT2D eigenvalue weighted by atomic mass is 9.94. The highest BCUT2D eigenvalue weighted by Gasteiger charge is 2.36. The highest BCUT2D eigenvalue weighted by Crippen LogP contribution is 2.45. The maximum atomic E-state index is 6.23. The van der Waals surface area contributed by atoms with Gasteiger partial charge in [-0.1, -0.05) is 0 Å². The van der Waals surface area contributed by atoms with Crippen LogP contribution in [0, 0.1) is 0 Å². The van der Waals surface area contributed by atoms with Gasteiger partial charge in [0.15, 0.2) is 23.0 Å². The molecule has 144 valence electrons. The summed E-state index contributed by atoms with van der Waals surface area (Å²) in [4.78, 5) is 0. The molecule has 6 heteroatoms. The molecule has 6 nitrogen and oxygen atoms in total. The molecule has 0 fully saturated rings. The number of ether oxygens (including phenoxy) is 6. The summed E-state index contributed by atoms with van der Waals surface area (Å²) < 4.78 is 33.5. The van der Waals surface area contributed by atoms with Crippen LogP contribution < -0.4 is 18.9 Å². The van der Waals surface area contributed by atoms with Crippen LogP contribution in [0.2, 0.25) is 0 Å². The zero-order chi connectivity index (χ0) is 19.6. The van der Waals surface area contributed by atoms with E-state index in [1.54, 1.807) is 35.5 Å². The van der Waals surface area contributed by atoms with Gasteiger partial charge in [0.2, 0.25) is 5.79 Å². The standard InChI is InChI=1S/C21H24O6/c1-21(26-6)15-12-20(25-5)19(24-4)11-14(15)10-17(27-21)13-7-8-16(22-2)18(9-13)23-3/h7-12H,1-6H3. The SMILES string of the molecule is COc1ccc(C2=Cc3cc(OC)c(OC)cc3C(C)(OC)O2)cc1OC. The number of rotatable bonds is 6. The smallest absolute Gasteiger partial charge is 0.234 e. The average molecular weight is 372 g/mol. The Labute approximate surface area is 159 Å². The van der Waals surface area contributed by atoms with Crippen molar-refractivity contribution >= 4 is 11.8 Å². The second-order valence-electron chi connectivity index (χ2n) is 6.12. The third kappa shape index (κ3) is 3.28. The monoisotopic (exact) mass is 372 g/mol. The van der Waals surface area contributed by atoms with Crippen LogP contribution in [0.1, 0.15) is 23.6 Å². The van der Waals surface area contributed by atoms with Crippen molar-refractivity contribution in [1.82, 2.24) is 0 Å². The van der Waals surface area contributed by atoms with E-state index in [-0.39, 0.29) is 0 Å². The summed E-state index contributed by atoms with van der Waals surface area (Å²) >= 11 is 0. The Morgan fingerprint density at radius 1 is 0.741 bits per heavy atom. The van der Waals surface area contributed by atoms with E-state index in [0.717, 1.165) is 16.7 Å². The Kier molecular flexibility index (Phi) is 5.19. The minimum absolute atomic E-state index is 0.617. The quantitative estimate of drug-likeness (QED) is 0.762. The topological polar surface area (TPSA) is 55.4 Å². The van der Waals surface area contributed by atoms with Gasteiger partial charge in [-0.2, -0.15) is 0 Å². The molecule has 0 saturated heterocycles. The molecular weight excluding hydrogens is 348 g/mol. The van der Waals surface area contributed by atoms with Gasteiger partial charge in [-0.15, -0.1) is 0 Å². The molecule has 0 bridgehead atoms. The number of hydrogen-bond donors (Lipinski definition) is 0. The summed E-state index contributed by atoms with van der Waals surface area (Å²) in [6.07, 6.45) is 1.94. The van der Waals surface area contributed by atoms with E-state index in [1.807, 2.05) is 43.3 Å². The van der Waals surface area contributed by atoms with Crippen LogP contribution in [0.25, 0.3) is 11.8 Å². The molecule has 0 saturated carbocycles. The first-order valence-corrected chi connectivity index (χ1v) is 8.44. The Morgan fingerprint density at radius 2 is 1.33 bits per heavy atom. The molecule has 0 spiro atoms. The summed E-state index contributed by atoms with van der Waals surface area (Å²) in [7, 11) is 8.02. The first kappa shape index (κ1) is 18.9. The molecule has 1 aliphatic rings. The van der Waals surface area contributed by atoms with Crippen molar-refractivity contribution in [1.29, 1.82) is 0 Å². The van der Waals surface area contributed by atoms with Crippen LogP contribution in [0.15, 0.2) is 30.3 Å². The molecule has 3 rings (SSSR count). The molecule has 1 heterocycles. The van der Waals surface area contributed by atoms with Crippen molar-refractivity contribution in [2.24, 2.45) is 0 Å². The highest BCUT2D eigenvalue weighted by atomic mass is 16.7. The predicted molar refractivity (Wildman–Crippen MR) is 102 cm³/mol. The van der Waals surface area contributed by atoms with Gasteiger partial charge in [0, 0.05) is 25.2 Å². The molecule has 1 aliphatic heterocycles. The summed E-state index contributed by atoms with van der Waals surface area (Å²) in [5, 5.41) is 0. The molecule has 1 unspecified atom stereocenters. The molecule has 27 heavy (non-hydrogen) atoms. The summed E-state index contributed by atoms with van der Waals surface area (Å²) in [6, 6.07) is 9.41. The maximum absolute atomic E-state index is 6.23. The van der Waals surface area contributed by atoms with Crippen molar-refractivity contribution in [3.05, 3.63) is 47.0 Å². The first-order chi connectivity index (χ1) is 13.0. The van der Waals surface area contributed by atoms with Gasteiger partial charge in [-0.3, -0.25) is 0 Å². The van der Waals surface area contributed by atoms with E-state index in [0.29, 0.717) is 28.8 Å². The maximum Gasteiger partial charge on any atom is 0.234 e. The molecule has 2 aromatic carbocycles. The van der Waals surface area contributed by atoms with Crippen molar-refractivity contribution in [3.63, 3.8) is 0 Å². The van der Waals surface area contributed by atoms with Gasteiger partial charge in [0.05, 0.1) is 28.4 Å². The average Bonchev–Trinajstić information content (AvgIpc) is 2.72. The minimum atomic E-state index is -0.980. The van der Waals surface area contributed by atoms with Crippen LogP contribution >= 0.6 is 0 Å². The molecule has 0 amide bonds. The van der Waals surface area contributed by atoms with E-state index in [9.17, 15) is 0 Å². The van der Waals surface area contributed by atoms with E-state index >= 15 is 0 Å². The fourth-order valence-corrected chi connectivity index (χ4v) is 3.13. The fourth-order valence-electron chi connectivity index (χ4n) is 3.13. The largest absolute Gasteiger partial charge is 0.493 e. The van der Waals surface area contributed by atoms with Gasteiger partial charge in [0.1, 0.15) is 5.76 Å². The normalized spacial score (nSPS) is 18.1. The van der Waals surface area contributed by atoms with E-state index < -0.39 is 5.79 Å². The summed E-state index contributed by atoms with van der Waals surface area (Å²) in [5.74, 6) is 2.20. The molecule has 0 aliphatic carbocycles. The zero-order valence-corrected chi connectivity index (χ0v) is 16.4. The van der Waals surface area contributed by atoms with Gasteiger partial charge in [0.25, 0.3) is 0 Å². The number of benzene rings is 2. The third-order valence-corrected chi connectivity index (χ3v) is 4.69. The van der Waals surface area contributed by atoms with Crippen molar-refractivity contribution in [2.75, 3.05) is 35.5 Å². The Morgan fingerprint density at radius 3 is 1.93 bits per heavy atom.